The van der Waals surface area contributed by atoms with Crippen molar-refractivity contribution in [3.8, 4) is 11.5 Å². The molecule has 0 spiro atoms. The Hall–Kier alpha value is -3.40. The maximum atomic E-state index is 15.0. The van der Waals surface area contributed by atoms with Crippen LogP contribution in [0.1, 0.15) is 55.0 Å². The van der Waals surface area contributed by atoms with E-state index in [0.29, 0.717) is 67.2 Å². The van der Waals surface area contributed by atoms with Gasteiger partial charge >= 0.3 is 6.03 Å². The van der Waals surface area contributed by atoms with Gasteiger partial charge in [0.2, 0.25) is 10.0 Å². The molecule has 0 aliphatic carbocycles. The highest BCUT2D eigenvalue weighted by Crippen LogP contribution is 2.47. The lowest BCUT2D eigenvalue weighted by molar-refractivity contribution is 0.122. The van der Waals surface area contributed by atoms with Gasteiger partial charge in [0, 0.05) is 68.2 Å². The molecular formula is C37H45Cl2N5O7S2. The summed E-state index contributed by atoms with van der Waals surface area (Å²) in [7, 11) is -5.73. The molecule has 2 atom stereocenters. The van der Waals surface area contributed by atoms with E-state index in [2.05, 4.69) is 0 Å². The van der Waals surface area contributed by atoms with Gasteiger partial charge in [0.15, 0.2) is 0 Å². The van der Waals surface area contributed by atoms with Gasteiger partial charge in [-0.3, -0.25) is 14.8 Å². The largest absolute Gasteiger partial charge is 0.495 e. The Labute approximate surface area is 322 Å². The van der Waals surface area contributed by atoms with Crippen molar-refractivity contribution >= 4 is 54.9 Å². The summed E-state index contributed by atoms with van der Waals surface area (Å²) in [4.78, 5) is 25.6. The molecule has 0 aromatic heterocycles. The second-order valence-corrected chi connectivity index (χ2v) is 18.5. The number of sulfonamides is 1. The van der Waals surface area contributed by atoms with Gasteiger partial charge in [-0.25, -0.2) is 21.6 Å². The minimum Gasteiger partial charge on any atom is -0.495 e. The summed E-state index contributed by atoms with van der Waals surface area (Å²) in [6.45, 7) is 4.91. The smallest absolute Gasteiger partial charge is 0.326 e. The van der Waals surface area contributed by atoms with Crippen molar-refractivity contribution in [2.24, 2.45) is 4.99 Å². The maximum absolute atomic E-state index is 15.0. The molecule has 2 saturated heterocycles. The number of sulfone groups is 1. The van der Waals surface area contributed by atoms with E-state index in [1.165, 1.54) is 23.7 Å². The SMILES string of the molecule is CCOc1cc(OC)c(S(=O)(=O)N2CCCCC2)cc1C1=N[C@@H](c2ccc(Cl)cc2)[C@@H](c2ccc(Cl)cc2)N1C(=O)N1CCN(CCS(C)(=O)=O)CC1. The van der Waals surface area contributed by atoms with Crippen molar-refractivity contribution in [2.75, 3.05) is 71.5 Å². The molecule has 3 aliphatic rings. The monoisotopic (exact) mass is 805 g/mol. The molecule has 0 unspecified atom stereocenters. The summed E-state index contributed by atoms with van der Waals surface area (Å²) in [5.41, 5.74) is 1.89. The third kappa shape index (κ3) is 8.79. The minimum absolute atomic E-state index is 0.0334. The molecule has 3 heterocycles. The van der Waals surface area contributed by atoms with E-state index in [9.17, 15) is 16.8 Å². The number of hydrogen-bond donors (Lipinski definition) is 0. The van der Waals surface area contributed by atoms with E-state index in [-0.39, 0.29) is 34.9 Å². The molecule has 0 saturated carbocycles. The van der Waals surface area contributed by atoms with E-state index < -0.39 is 31.9 Å². The van der Waals surface area contributed by atoms with Crippen LogP contribution in [0.25, 0.3) is 0 Å². The fourth-order valence-corrected chi connectivity index (χ4v) is 9.58. The van der Waals surface area contributed by atoms with Crippen LogP contribution in [0.15, 0.2) is 70.6 Å². The Balaban J connectivity index is 1.50. The minimum atomic E-state index is -4.00. The van der Waals surface area contributed by atoms with Crippen LogP contribution in [0.5, 0.6) is 11.5 Å². The third-order valence-electron chi connectivity index (χ3n) is 9.86. The van der Waals surface area contributed by atoms with Crippen molar-refractivity contribution in [1.29, 1.82) is 0 Å². The number of urea groups is 1. The summed E-state index contributed by atoms with van der Waals surface area (Å²) >= 11 is 12.7. The highest BCUT2D eigenvalue weighted by Gasteiger charge is 2.45. The molecule has 3 aromatic carbocycles. The molecule has 3 aromatic rings. The number of piperidine rings is 1. The third-order valence-corrected chi connectivity index (χ3v) is 13.2. The summed E-state index contributed by atoms with van der Waals surface area (Å²) in [5, 5.41) is 1.07. The number of nitrogens with zero attached hydrogens (tertiary/aromatic N) is 5. The van der Waals surface area contributed by atoms with Gasteiger partial charge in [0.05, 0.1) is 31.1 Å². The number of benzene rings is 3. The van der Waals surface area contributed by atoms with E-state index in [1.54, 1.807) is 40.1 Å². The van der Waals surface area contributed by atoms with E-state index in [1.807, 2.05) is 36.1 Å². The molecule has 0 bridgehead atoms. The topological polar surface area (TPSA) is 129 Å². The number of rotatable bonds is 11. The van der Waals surface area contributed by atoms with Gasteiger partial charge in [-0.2, -0.15) is 4.31 Å². The van der Waals surface area contributed by atoms with Crippen LogP contribution in [0.3, 0.4) is 0 Å². The summed E-state index contributed by atoms with van der Waals surface area (Å²) in [6, 6.07) is 16.0. The fraction of sp³-hybridized carbons (Fsp3) is 0.459. The molecule has 2 fully saturated rings. The number of aliphatic imine (C=N–C) groups is 1. The van der Waals surface area contributed by atoms with Crippen molar-refractivity contribution in [1.82, 2.24) is 19.0 Å². The molecule has 2 amide bonds. The lowest BCUT2D eigenvalue weighted by atomic mass is 9.93. The van der Waals surface area contributed by atoms with Gasteiger partial charge in [-0.05, 0) is 61.2 Å². The van der Waals surface area contributed by atoms with Gasteiger partial charge < -0.3 is 14.4 Å². The predicted octanol–water partition coefficient (Wildman–Crippen LogP) is 5.90. The number of methoxy groups -OCH3 is 1. The van der Waals surface area contributed by atoms with Crippen LogP contribution in [0, 0.1) is 0 Å². The maximum Gasteiger partial charge on any atom is 0.326 e. The first-order valence-electron chi connectivity index (χ1n) is 17.7. The van der Waals surface area contributed by atoms with Gasteiger partial charge in [-0.15, -0.1) is 0 Å². The molecule has 16 heteroatoms. The molecule has 286 valence electrons. The Morgan fingerprint density at radius 2 is 1.43 bits per heavy atom. The standard InChI is InChI=1S/C37H45Cl2N5O7S2/c1-4-51-31-25-32(50-2)33(53(48,49)43-16-6-5-7-17-43)24-30(31)36-40-34(26-8-12-28(38)13-9-26)35(27-10-14-29(39)15-11-27)44(36)37(45)42-20-18-41(19-21-42)22-23-52(3,46)47/h8-15,24-25,34-35H,4-7,16-23H2,1-3H3/t34-,35+/m0/s1. The zero-order valence-corrected chi connectivity index (χ0v) is 33.2. The van der Waals surface area contributed by atoms with Crippen molar-refractivity contribution in [3.63, 3.8) is 0 Å². The highest BCUT2D eigenvalue weighted by molar-refractivity contribution is 7.90. The summed E-state index contributed by atoms with van der Waals surface area (Å²) < 4.78 is 65.5. The quantitative estimate of drug-likeness (QED) is 0.234. The Morgan fingerprint density at radius 3 is 2.00 bits per heavy atom. The first-order valence-corrected chi connectivity index (χ1v) is 22.0. The highest BCUT2D eigenvalue weighted by atomic mass is 35.5. The first kappa shape index (κ1) is 39.3. The second-order valence-electron chi connectivity index (χ2n) is 13.5. The molecule has 0 radical (unpaired) electrons. The average molecular weight is 807 g/mol. The Morgan fingerprint density at radius 1 is 0.830 bits per heavy atom. The lowest BCUT2D eigenvalue weighted by Gasteiger charge is -2.39. The van der Waals surface area contributed by atoms with Crippen LogP contribution in [0.4, 0.5) is 4.79 Å². The molecule has 53 heavy (non-hydrogen) atoms. The van der Waals surface area contributed by atoms with Crippen molar-refractivity contribution in [2.45, 2.75) is 43.2 Å². The second kappa shape index (κ2) is 16.5. The number of carbonyl (C=O) groups is 1. The van der Waals surface area contributed by atoms with Crippen LogP contribution < -0.4 is 9.47 Å². The summed E-state index contributed by atoms with van der Waals surface area (Å²) in [5.74, 6) is 0.727. The predicted molar refractivity (Wildman–Crippen MR) is 207 cm³/mol. The zero-order valence-electron chi connectivity index (χ0n) is 30.1. The number of amides is 2. The number of ether oxygens (including phenoxy) is 2. The first-order chi connectivity index (χ1) is 25.3. The number of hydrogen-bond acceptors (Lipinski definition) is 9. The molecule has 6 rings (SSSR count). The molecule has 12 nitrogen and oxygen atoms in total. The van der Waals surface area contributed by atoms with Gasteiger partial charge in [0.25, 0.3) is 0 Å². The van der Waals surface area contributed by atoms with Gasteiger partial charge in [0.1, 0.15) is 38.1 Å². The van der Waals surface area contributed by atoms with E-state index in [4.69, 9.17) is 37.7 Å². The number of piperazine rings is 1. The van der Waals surface area contributed by atoms with Crippen LogP contribution in [-0.2, 0) is 19.9 Å². The van der Waals surface area contributed by atoms with Crippen LogP contribution in [0.2, 0.25) is 10.0 Å². The normalized spacial score (nSPS) is 20.4. The average Bonchev–Trinajstić information content (AvgIpc) is 3.54. The lowest BCUT2D eigenvalue weighted by Crippen LogP contribution is -2.54. The summed E-state index contributed by atoms with van der Waals surface area (Å²) in [6.07, 6.45) is 3.69. The number of amidine groups is 1. The van der Waals surface area contributed by atoms with Crippen molar-refractivity contribution < 1.29 is 31.1 Å². The van der Waals surface area contributed by atoms with E-state index in [0.717, 1.165) is 30.4 Å². The fourth-order valence-electron chi connectivity index (χ4n) is 7.06. The molecule has 0 N–H and O–H groups in total. The number of carbonyl (C=O) groups excluding carboxylic acids is 1. The van der Waals surface area contributed by atoms with E-state index >= 15 is 4.79 Å². The van der Waals surface area contributed by atoms with Gasteiger partial charge in [-0.1, -0.05) is 53.9 Å². The zero-order chi connectivity index (χ0) is 37.9. The molecule has 3 aliphatic heterocycles. The molecular weight excluding hydrogens is 761 g/mol. The Bertz CT molecular complexity index is 2030. The number of halogens is 2. The van der Waals surface area contributed by atoms with Crippen molar-refractivity contribution in [3.05, 3.63) is 87.4 Å². The van der Waals surface area contributed by atoms with Crippen LogP contribution >= 0.6 is 23.2 Å². The van der Waals surface area contributed by atoms with Crippen LogP contribution in [-0.4, -0.2) is 119 Å². The Kier molecular flexibility index (Phi) is 12.3.